The van der Waals surface area contributed by atoms with Gasteiger partial charge in [-0.15, -0.1) is 0 Å². The number of hydrogen-bond acceptors (Lipinski definition) is 3. The SMILES string of the molecule is CCOC(=O)N1CC[C@@](O)(c2ccccc2)C1. The Morgan fingerprint density at radius 1 is 1.47 bits per heavy atom. The molecule has 0 radical (unpaired) electrons. The van der Waals surface area contributed by atoms with Crippen molar-refractivity contribution in [3.8, 4) is 0 Å². The van der Waals surface area contributed by atoms with Gasteiger partial charge in [-0.25, -0.2) is 4.79 Å². The molecule has 1 aliphatic heterocycles. The maximum Gasteiger partial charge on any atom is 0.409 e. The number of carbonyl (C=O) groups excluding carboxylic acids is 1. The van der Waals surface area contributed by atoms with Crippen molar-refractivity contribution < 1.29 is 14.6 Å². The van der Waals surface area contributed by atoms with E-state index >= 15 is 0 Å². The Bertz CT molecular complexity index is 393. The molecule has 1 N–H and O–H groups in total. The predicted octanol–water partition coefficient (Wildman–Crippen LogP) is 1.74. The molecule has 1 fully saturated rings. The summed E-state index contributed by atoms with van der Waals surface area (Å²) >= 11 is 0. The number of nitrogens with zero attached hydrogens (tertiary/aromatic N) is 1. The number of benzene rings is 1. The summed E-state index contributed by atoms with van der Waals surface area (Å²) in [5.41, 5.74) is -0.0830. The zero-order chi connectivity index (χ0) is 12.3. The van der Waals surface area contributed by atoms with Gasteiger partial charge >= 0.3 is 6.09 Å². The lowest BCUT2D eigenvalue weighted by Gasteiger charge is -2.23. The third kappa shape index (κ3) is 2.42. The summed E-state index contributed by atoms with van der Waals surface area (Å²) < 4.78 is 4.93. The molecule has 0 bridgehead atoms. The summed E-state index contributed by atoms with van der Waals surface area (Å²) in [6.45, 7) is 2.97. The predicted molar refractivity (Wildman–Crippen MR) is 63.6 cm³/mol. The van der Waals surface area contributed by atoms with E-state index in [-0.39, 0.29) is 6.09 Å². The maximum absolute atomic E-state index is 11.6. The fourth-order valence-corrected chi connectivity index (χ4v) is 2.15. The van der Waals surface area contributed by atoms with Gasteiger partial charge in [0.15, 0.2) is 0 Å². The first-order valence-corrected chi connectivity index (χ1v) is 5.85. The van der Waals surface area contributed by atoms with Crippen molar-refractivity contribution in [2.75, 3.05) is 19.7 Å². The van der Waals surface area contributed by atoms with Crippen LogP contribution in [0.15, 0.2) is 30.3 Å². The number of rotatable bonds is 2. The average Bonchev–Trinajstić information content (AvgIpc) is 2.75. The second kappa shape index (κ2) is 4.75. The quantitative estimate of drug-likeness (QED) is 0.849. The molecule has 92 valence electrons. The molecule has 4 heteroatoms. The van der Waals surface area contributed by atoms with E-state index in [4.69, 9.17) is 4.74 Å². The Kier molecular flexibility index (Phi) is 3.33. The van der Waals surface area contributed by atoms with Crippen LogP contribution < -0.4 is 0 Å². The lowest BCUT2D eigenvalue weighted by Crippen LogP contribution is -2.34. The molecule has 1 aromatic rings. The van der Waals surface area contributed by atoms with Gasteiger partial charge in [-0.05, 0) is 18.9 Å². The molecule has 1 amide bonds. The fraction of sp³-hybridized carbons (Fsp3) is 0.462. The molecule has 2 rings (SSSR count). The summed E-state index contributed by atoms with van der Waals surface area (Å²) in [6, 6.07) is 9.45. The number of ether oxygens (including phenoxy) is 1. The van der Waals surface area contributed by atoms with Crippen LogP contribution >= 0.6 is 0 Å². The van der Waals surface area contributed by atoms with Gasteiger partial charge < -0.3 is 14.7 Å². The van der Waals surface area contributed by atoms with Gasteiger partial charge in [-0.2, -0.15) is 0 Å². The van der Waals surface area contributed by atoms with Crippen LogP contribution in [0.1, 0.15) is 18.9 Å². The highest BCUT2D eigenvalue weighted by Crippen LogP contribution is 2.31. The standard InChI is InChI=1S/C13H17NO3/c1-2-17-12(15)14-9-8-13(16,10-14)11-6-4-3-5-7-11/h3-7,16H,2,8-10H2,1H3/t13-/m0/s1. The Labute approximate surface area is 101 Å². The third-order valence-corrected chi connectivity index (χ3v) is 3.08. The number of amides is 1. The Balaban J connectivity index is 2.08. The molecular formula is C13H17NO3. The van der Waals surface area contributed by atoms with Crippen LogP contribution in [0.2, 0.25) is 0 Å². The van der Waals surface area contributed by atoms with Crippen LogP contribution in [0, 0.1) is 0 Å². The van der Waals surface area contributed by atoms with Crippen LogP contribution in [0.4, 0.5) is 4.79 Å². The Hall–Kier alpha value is -1.55. The molecule has 1 saturated heterocycles. The molecule has 0 spiro atoms. The summed E-state index contributed by atoms with van der Waals surface area (Å²) in [5.74, 6) is 0. The number of β-amino-alcohol motifs (C(OH)–C–C–N with tert-alkyl or cyclic N) is 1. The van der Waals surface area contributed by atoms with Crippen LogP contribution in [-0.4, -0.2) is 35.8 Å². The van der Waals surface area contributed by atoms with Crippen molar-refractivity contribution in [2.45, 2.75) is 18.9 Å². The van der Waals surface area contributed by atoms with Crippen LogP contribution in [0.3, 0.4) is 0 Å². The lowest BCUT2D eigenvalue weighted by atomic mass is 9.93. The molecule has 4 nitrogen and oxygen atoms in total. The van der Waals surface area contributed by atoms with Crippen molar-refractivity contribution in [3.05, 3.63) is 35.9 Å². The normalized spacial score (nSPS) is 23.8. The summed E-state index contributed by atoms with van der Waals surface area (Å²) in [6.07, 6.45) is 0.204. The zero-order valence-corrected chi connectivity index (χ0v) is 9.93. The smallest absolute Gasteiger partial charge is 0.409 e. The topological polar surface area (TPSA) is 49.8 Å². The second-order valence-electron chi connectivity index (χ2n) is 4.27. The monoisotopic (exact) mass is 235 g/mol. The summed E-state index contributed by atoms with van der Waals surface area (Å²) in [7, 11) is 0. The summed E-state index contributed by atoms with van der Waals surface area (Å²) in [4.78, 5) is 13.1. The number of hydrogen-bond donors (Lipinski definition) is 1. The second-order valence-corrected chi connectivity index (χ2v) is 4.27. The van der Waals surface area contributed by atoms with Crippen molar-refractivity contribution in [2.24, 2.45) is 0 Å². The van der Waals surface area contributed by atoms with E-state index in [2.05, 4.69) is 0 Å². The highest BCUT2D eigenvalue weighted by Gasteiger charge is 2.39. The molecule has 1 aromatic carbocycles. The van der Waals surface area contributed by atoms with Crippen LogP contribution in [-0.2, 0) is 10.3 Å². The van der Waals surface area contributed by atoms with Gasteiger partial charge in [0.1, 0.15) is 5.60 Å². The Morgan fingerprint density at radius 3 is 2.82 bits per heavy atom. The van der Waals surface area contributed by atoms with Gasteiger partial charge in [-0.3, -0.25) is 0 Å². The molecule has 1 heterocycles. The highest BCUT2D eigenvalue weighted by atomic mass is 16.6. The molecule has 0 saturated carbocycles. The summed E-state index contributed by atoms with van der Waals surface area (Å²) in [5, 5.41) is 10.5. The first-order valence-electron chi connectivity index (χ1n) is 5.85. The van der Waals surface area contributed by atoms with Crippen molar-refractivity contribution in [3.63, 3.8) is 0 Å². The average molecular weight is 235 g/mol. The minimum absolute atomic E-state index is 0.301. The van der Waals surface area contributed by atoms with E-state index in [1.807, 2.05) is 30.3 Å². The van der Waals surface area contributed by atoms with Gasteiger partial charge in [0.05, 0.1) is 13.2 Å². The zero-order valence-electron chi connectivity index (χ0n) is 9.93. The van der Waals surface area contributed by atoms with Gasteiger partial charge in [0.25, 0.3) is 0 Å². The lowest BCUT2D eigenvalue weighted by molar-refractivity contribution is 0.0423. The van der Waals surface area contributed by atoms with Gasteiger partial charge in [0, 0.05) is 6.54 Å². The van der Waals surface area contributed by atoms with Crippen molar-refractivity contribution in [1.82, 2.24) is 4.90 Å². The molecule has 0 unspecified atom stereocenters. The molecule has 17 heavy (non-hydrogen) atoms. The van der Waals surface area contributed by atoms with Crippen molar-refractivity contribution >= 4 is 6.09 Å². The minimum Gasteiger partial charge on any atom is -0.450 e. The molecule has 1 aliphatic rings. The van der Waals surface area contributed by atoms with E-state index in [0.717, 1.165) is 5.56 Å². The van der Waals surface area contributed by atoms with E-state index < -0.39 is 5.60 Å². The highest BCUT2D eigenvalue weighted by molar-refractivity contribution is 5.68. The molecular weight excluding hydrogens is 218 g/mol. The van der Waals surface area contributed by atoms with Gasteiger partial charge in [0.2, 0.25) is 0 Å². The fourth-order valence-electron chi connectivity index (χ4n) is 2.15. The van der Waals surface area contributed by atoms with Crippen molar-refractivity contribution in [1.29, 1.82) is 0 Å². The number of likely N-dealkylation sites (tertiary alicyclic amines) is 1. The maximum atomic E-state index is 11.6. The molecule has 1 atom stereocenters. The Morgan fingerprint density at radius 2 is 2.18 bits per heavy atom. The number of carbonyl (C=O) groups is 1. The van der Waals surface area contributed by atoms with E-state index in [0.29, 0.717) is 26.1 Å². The first-order chi connectivity index (χ1) is 8.15. The van der Waals surface area contributed by atoms with E-state index in [1.165, 1.54) is 0 Å². The van der Waals surface area contributed by atoms with E-state index in [1.54, 1.807) is 11.8 Å². The third-order valence-electron chi connectivity index (χ3n) is 3.08. The molecule has 0 aromatic heterocycles. The number of aliphatic hydroxyl groups is 1. The van der Waals surface area contributed by atoms with Crippen LogP contribution in [0.5, 0.6) is 0 Å². The largest absolute Gasteiger partial charge is 0.450 e. The van der Waals surface area contributed by atoms with Crippen LogP contribution in [0.25, 0.3) is 0 Å². The van der Waals surface area contributed by atoms with Gasteiger partial charge in [-0.1, -0.05) is 30.3 Å². The first kappa shape index (κ1) is 11.9. The minimum atomic E-state index is -0.936. The molecule has 0 aliphatic carbocycles. The van der Waals surface area contributed by atoms with E-state index in [9.17, 15) is 9.90 Å².